The van der Waals surface area contributed by atoms with Crippen molar-refractivity contribution < 1.29 is 28.5 Å². The van der Waals surface area contributed by atoms with Crippen molar-refractivity contribution in [3.63, 3.8) is 0 Å². The molecule has 32 heavy (non-hydrogen) atoms. The molecule has 1 N–H and O–H groups in total. The Morgan fingerprint density at radius 2 is 1.81 bits per heavy atom. The van der Waals surface area contributed by atoms with Crippen LogP contribution in [0.15, 0.2) is 42.6 Å². The van der Waals surface area contributed by atoms with Crippen LogP contribution in [0.2, 0.25) is 0 Å². The van der Waals surface area contributed by atoms with E-state index in [4.69, 9.17) is 31.2 Å². The lowest BCUT2D eigenvalue weighted by Gasteiger charge is -2.16. The third-order valence-electron chi connectivity index (χ3n) is 3.50. The summed E-state index contributed by atoms with van der Waals surface area (Å²) in [4.78, 5) is 27.6. The first-order valence-corrected chi connectivity index (χ1v) is 10.6. The number of ether oxygens (including phenoxy) is 4. The standard InChI is InChI=1S/C20H22N2O6S.C3H8/c1-13(27-15-7-5-4-6-8-15)12-26-17(24)11-22-20(29)18-19(28-14(2)23)16(25-3)9-10-21-18;1-3-2/h4-10,13H,11-12H2,1-3H3,(H,22,29);3H2,1-2H3. The lowest BCUT2D eigenvalue weighted by molar-refractivity contribution is -0.144. The van der Waals surface area contributed by atoms with E-state index < -0.39 is 11.9 Å². The maximum atomic E-state index is 12.0. The zero-order valence-corrected chi connectivity index (χ0v) is 19.9. The van der Waals surface area contributed by atoms with Crippen LogP contribution in [0.1, 0.15) is 39.8 Å². The highest BCUT2D eigenvalue weighted by Gasteiger charge is 2.19. The molecule has 1 aromatic carbocycles. The van der Waals surface area contributed by atoms with Crippen LogP contribution in [-0.4, -0.2) is 48.3 Å². The lowest BCUT2D eigenvalue weighted by atomic mass is 10.3. The van der Waals surface area contributed by atoms with Crippen molar-refractivity contribution in [1.29, 1.82) is 0 Å². The second kappa shape index (κ2) is 14.7. The number of benzene rings is 1. The molecule has 2 rings (SSSR count). The van der Waals surface area contributed by atoms with Gasteiger partial charge in [-0.3, -0.25) is 9.59 Å². The minimum Gasteiger partial charge on any atom is -0.493 e. The van der Waals surface area contributed by atoms with Gasteiger partial charge in [-0.05, 0) is 19.1 Å². The van der Waals surface area contributed by atoms with Gasteiger partial charge in [0, 0.05) is 19.2 Å². The number of carbonyl (C=O) groups excluding carboxylic acids is 2. The van der Waals surface area contributed by atoms with E-state index in [2.05, 4.69) is 24.1 Å². The molecule has 0 spiro atoms. The van der Waals surface area contributed by atoms with Gasteiger partial charge in [-0.25, -0.2) is 4.98 Å². The van der Waals surface area contributed by atoms with Crippen molar-refractivity contribution in [2.75, 3.05) is 20.3 Å². The zero-order valence-electron chi connectivity index (χ0n) is 19.0. The summed E-state index contributed by atoms with van der Waals surface area (Å²) in [5.41, 5.74) is 0.183. The minimum absolute atomic E-state index is 0.0816. The number of nitrogens with zero attached hydrogens (tertiary/aromatic N) is 1. The third-order valence-corrected chi connectivity index (χ3v) is 3.84. The Morgan fingerprint density at radius 3 is 2.41 bits per heavy atom. The number of thiocarbonyl (C=S) groups is 1. The second-order valence-electron chi connectivity index (χ2n) is 6.60. The van der Waals surface area contributed by atoms with Gasteiger partial charge in [0.05, 0.1) is 7.11 Å². The average Bonchev–Trinajstić information content (AvgIpc) is 2.77. The summed E-state index contributed by atoms with van der Waals surface area (Å²) in [6.07, 6.45) is 2.39. The van der Waals surface area contributed by atoms with Crippen LogP contribution in [0.3, 0.4) is 0 Å². The van der Waals surface area contributed by atoms with Crippen molar-refractivity contribution >= 4 is 29.1 Å². The number of esters is 2. The Hall–Kier alpha value is -3.20. The molecule has 2 aromatic rings. The predicted molar refractivity (Wildman–Crippen MR) is 125 cm³/mol. The molecule has 0 aliphatic heterocycles. The molecule has 1 aromatic heterocycles. The minimum atomic E-state index is -0.549. The Balaban J connectivity index is 0.00000161. The van der Waals surface area contributed by atoms with E-state index in [9.17, 15) is 9.59 Å². The summed E-state index contributed by atoms with van der Waals surface area (Å²) in [6.45, 7) is 7.19. The van der Waals surface area contributed by atoms with Crippen molar-refractivity contribution in [3.8, 4) is 17.2 Å². The summed E-state index contributed by atoms with van der Waals surface area (Å²) in [6, 6.07) is 10.8. The molecule has 0 bridgehead atoms. The maximum Gasteiger partial charge on any atom is 0.325 e. The molecule has 0 fully saturated rings. The summed E-state index contributed by atoms with van der Waals surface area (Å²) in [7, 11) is 1.43. The van der Waals surface area contributed by atoms with E-state index in [1.807, 2.05) is 30.3 Å². The predicted octanol–water partition coefficient (Wildman–Crippen LogP) is 3.71. The highest BCUT2D eigenvalue weighted by Crippen LogP contribution is 2.29. The number of hydrogen-bond acceptors (Lipinski definition) is 8. The number of hydrogen-bond donors (Lipinski definition) is 1. The molecule has 1 heterocycles. The first-order chi connectivity index (χ1) is 15.3. The zero-order chi connectivity index (χ0) is 23.9. The van der Waals surface area contributed by atoms with Gasteiger partial charge in [0.1, 0.15) is 35.7 Å². The molecule has 174 valence electrons. The molecule has 8 nitrogen and oxygen atoms in total. The average molecular weight is 463 g/mol. The molecule has 0 radical (unpaired) electrons. The second-order valence-corrected chi connectivity index (χ2v) is 7.01. The smallest absolute Gasteiger partial charge is 0.325 e. The number of rotatable bonds is 9. The van der Waals surface area contributed by atoms with Crippen molar-refractivity contribution in [3.05, 3.63) is 48.3 Å². The summed E-state index contributed by atoms with van der Waals surface area (Å²) < 4.78 is 21.1. The molecular formula is C23H30N2O6S. The number of carbonyl (C=O) groups is 2. The fourth-order valence-electron chi connectivity index (χ4n) is 2.26. The van der Waals surface area contributed by atoms with E-state index in [0.717, 1.165) is 0 Å². The van der Waals surface area contributed by atoms with Gasteiger partial charge >= 0.3 is 11.9 Å². The van der Waals surface area contributed by atoms with Crippen LogP contribution >= 0.6 is 12.2 Å². The third kappa shape index (κ3) is 9.74. The molecule has 1 unspecified atom stereocenters. The highest BCUT2D eigenvalue weighted by atomic mass is 32.1. The van der Waals surface area contributed by atoms with Gasteiger partial charge in [0.15, 0.2) is 5.75 Å². The molecule has 0 saturated carbocycles. The van der Waals surface area contributed by atoms with E-state index in [0.29, 0.717) is 11.5 Å². The van der Waals surface area contributed by atoms with Gasteiger partial charge in [0.2, 0.25) is 5.75 Å². The maximum absolute atomic E-state index is 12.0. The topological polar surface area (TPSA) is 96.0 Å². The Labute approximate surface area is 194 Å². The Bertz CT molecular complexity index is 876. The fourth-order valence-corrected chi connectivity index (χ4v) is 2.48. The molecule has 9 heteroatoms. The van der Waals surface area contributed by atoms with Gasteiger partial charge in [-0.15, -0.1) is 0 Å². The molecule has 0 aliphatic carbocycles. The summed E-state index contributed by atoms with van der Waals surface area (Å²) in [5.74, 6) is -0.000489. The Morgan fingerprint density at radius 1 is 1.16 bits per heavy atom. The number of para-hydroxylation sites is 1. The number of pyridine rings is 1. The van der Waals surface area contributed by atoms with Gasteiger partial charge < -0.3 is 24.3 Å². The number of methoxy groups -OCH3 is 1. The first kappa shape index (κ1) is 26.8. The van der Waals surface area contributed by atoms with Crippen LogP contribution in [0, 0.1) is 0 Å². The fraction of sp³-hybridized carbons (Fsp3) is 0.391. The summed E-state index contributed by atoms with van der Waals surface area (Å²) >= 11 is 5.26. The number of aromatic nitrogens is 1. The quantitative estimate of drug-likeness (QED) is 0.442. The number of nitrogens with one attached hydrogen (secondary N) is 1. The SMILES string of the molecule is CCC.COc1ccnc(C(=S)NCC(=O)OCC(C)Oc2ccccc2)c1OC(C)=O. The molecule has 1 atom stereocenters. The largest absolute Gasteiger partial charge is 0.493 e. The molecule has 0 aliphatic rings. The first-order valence-electron chi connectivity index (χ1n) is 10.2. The van der Waals surface area contributed by atoms with Crippen molar-refractivity contribution in [2.45, 2.75) is 40.2 Å². The van der Waals surface area contributed by atoms with Crippen molar-refractivity contribution in [2.24, 2.45) is 0 Å². The van der Waals surface area contributed by atoms with Crippen LogP contribution in [0.5, 0.6) is 17.2 Å². The van der Waals surface area contributed by atoms with Gasteiger partial charge in [-0.2, -0.15) is 0 Å². The van der Waals surface area contributed by atoms with E-state index in [1.165, 1.54) is 32.7 Å². The van der Waals surface area contributed by atoms with Gasteiger partial charge in [0.25, 0.3) is 0 Å². The van der Waals surface area contributed by atoms with E-state index in [1.54, 1.807) is 6.92 Å². The van der Waals surface area contributed by atoms with Crippen molar-refractivity contribution in [1.82, 2.24) is 10.3 Å². The molecular weight excluding hydrogens is 432 g/mol. The molecule has 0 saturated heterocycles. The Kier molecular flexibility index (Phi) is 12.4. The van der Waals surface area contributed by atoms with E-state index >= 15 is 0 Å². The summed E-state index contributed by atoms with van der Waals surface area (Å²) in [5, 5.41) is 2.74. The monoisotopic (exact) mass is 462 g/mol. The molecule has 0 amide bonds. The van der Waals surface area contributed by atoms with Crippen LogP contribution in [-0.2, 0) is 14.3 Å². The van der Waals surface area contributed by atoms with Gasteiger partial charge in [-0.1, -0.05) is 50.7 Å². The van der Waals surface area contributed by atoms with Crippen LogP contribution < -0.4 is 19.5 Å². The normalized spacial score (nSPS) is 10.7. The van der Waals surface area contributed by atoms with Crippen LogP contribution in [0.4, 0.5) is 0 Å². The van der Waals surface area contributed by atoms with E-state index in [-0.39, 0.29) is 35.7 Å². The van der Waals surface area contributed by atoms with Crippen LogP contribution in [0.25, 0.3) is 0 Å². The lowest BCUT2D eigenvalue weighted by Crippen LogP contribution is -2.32. The highest BCUT2D eigenvalue weighted by molar-refractivity contribution is 7.80.